The SMILES string of the molecule is Cc1nc(N2CCCC2)[nH]c(=O)c1CC(=O)NC1(C)CCCNC1. The van der Waals surface area contributed by atoms with Crippen LogP contribution in [-0.2, 0) is 11.2 Å². The average Bonchev–Trinajstić information content (AvgIpc) is 3.05. The van der Waals surface area contributed by atoms with Gasteiger partial charge in [0.15, 0.2) is 0 Å². The van der Waals surface area contributed by atoms with E-state index in [1.807, 2.05) is 6.92 Å². The number of hydrogen-bond acceptors (Lipinski definition) is 5. The lowest BCUT2D eigenvalue weighted by molar-refractivity contribution is -0.122. The van der Waals surface area contributed by atoms with Crippen LogP contribution in [0.25, 0.3) is 0 Å². The summed E-state index contributed by atoms with van der Waals surface area (Å²) < 4.78 is 0. The van der Waals surface area contributed by atoms with E-state index in [2.05, 4.69) is 25.5 Å². The molecule has 1 atom stereocenters. The Bertz CT molecular complexity index is 657. The number of piperidine rings is 1. The Morgan fingerprint density at radius 3 is 2.71 bits per heavy atom. The number of aromatic nitrogens is 2. The Labute approximate surface area is 142 Å². The molecule has 3 N–H and O–H groups in total. The smallest absolute Gasteiger partial charge is 0.256 e. The van der Waals surface area contributed by atoms with Gasteiger partial charge < -0.3 is 15.5 Å². The summed E-state index contributed by atoms with van der Waals surface area (Å²) in [6.07, 6.45) is 4.32. The first-order valence-corrected chi connectivity index (χ1v) is 8.83. The number of carbonyl (C=O) groups is 1. The second-order valence-electron chi connectivity index (χ2n) is 7.21. The molecular weight excluding hydrogens is 306 g/mol. The van der Waals surface area contributed by atoms with Crippen molar-refractivity contribution in [3.8, 4) is 0 Å². The molecule has 1 amide bonds. The van der Waals surface area contributed by atoms with E-state index in [1.165, 1.54) is 0 Å². The minimum absolute atomic E-state index is 0.0734. The van der Waals surface area contributed by atoms with Gasteiger partial charge in [-0.2, -0.15) is 0 Å². The van der Waals surface area contributed by atoms with Crippen LogP contribution in [0.3, 0.4) is 0 Å². The van der Waals surface area contributed by atoms with Crippen LogP contribution in [0.5, 0.6) is 0 Å². The fourth-order valence-corrected chi connectivity index (χ4v) is 3.59. The highest BCUT2D eigenvalue weighted by atomic mass is 16.2. The van der Waals surface area contributed by atoms with Crippen molar-refractivity contribution in [1.82, 2.24) is 20.6 Å². The normalized spacial score (nSPS) is 24.2. The van der Waals surface area contributed by atoms with E-state index >= 15 is 0 Å². The maximum absolute atomic E-state index is 12.4. The van der Waals surface area contributed by atoms with Gasteiger partial charge in [0, 0.05) is 30.7 Å². The predicted molar refractivity (Wildman–Crippen MR) is 93.4 cm³/mol. The largest absolute Gasteiger partial charge is 0.349 e. The molecule has 3 rings (SSSR count). The molecule has 132 valence electrons. The molecule has 7 heteroatoms. The lowest BCUT2D eigenvalue weighted by Crippen LogP contribution is -2.56. The van der Waals surface area contributed by atoms with Crippen molar-refractivity contribution in [3.63, 3.8) is 0 Å². The third kappa shape index (κ3) is 3.77. The summed E-state index contributed by atoms with van der Waals surface area (Å²) in [7, 11) is 0. The first-order chi connectivity index (χ1) is 11.5. The lowest BCUT2D eigenvalue weighted by Gasteiger charge is -2.35. The minimum atomic E-state index is -0.237. The molecule has 2 aliphatic heterocycles. The molecule has 1 aromatic heterocycles. The summed E-state index contributed by atoms with van der Waals surface area (Å²) in [5, 5.41) is 6.38. The number of H-pyrrole nitrogens is 1. The molecule has 1 aromatic rings. The summed E-state index contributed by atoms with van der Waals surface area (Å²) >= 11 is 0. The van der Waals surface area contributed by atoms with Crippen LogP contribution in [0.1, 0.15) is 43.9 Å². The van der Waals surface area contributed by atoms with E-state index in [0.29, 0.717) is 17.2 Å². The first-order valence-electron chi connectivity index (χ1n) is 8.83. The molecular formula is C17H27N5O2. The van der Waals surface area contributed by atoms with E-state index < -0.39 is 0 Å². The van der Waals surface area contributed by atoms with Crippen molar-refractivity contribution < 1.29 is 4.79 Å². The fraction of sp³-hybridized carbons (Fsp3) is 0.706. The number of hydrogen-bond donors (Lipinski definition) is 3. The van der Waals surface area contributed by atoms with Crippen LogP contribution >= 0.6 is 0 Å². The van der Waals surface area contributed by atoms with Gasteiger partial charge in [-0.05, 0) is 46.1 Å². The maximum Gasteiger partial charge on any atom is 0.256 e. The number of carbonyl (C=O) groups excluding carboxylic acids is 1. The number of aromatic amines is 1. The van der Waals surface area contributed by atoms with Crippen LogP contribution in [-0.4, -0.2) is 47.6 Å². The Morgan fingerprint density at radius 2 is 2.08 bits per heavy atom. The van der Waals surface area contributed by atoms with Crippen molar-refractivity contribution in [2.75, 3.05) is 31.1 Å². The number of aryl methyl sites for hydroxylation is 1. The molecule has 0 aromatic carbocycles. The van der Waals surface area contributed by atoms with Crippen LogP contribution in [0.15, 0.2) is 4.79 Å². The first kappa shape index (κ1) is 17.0. The summed E-state index contributed by atoms with van der Waals surface area (Å²) in [4.78, 5) is 34.3. The van der Waals surface area contributed by atoms with Gasteiger partial charge in [0.05, 0.1) is 12.1 Å². The molecule has 0 radical (unpaired) electrons. The Hall–Kier alpha value is -1.89. The van der Waals surface area contributed by atoms with Crippen molar-refractivity contribution >= 4 is 11.9 Å². The monoisotopic (exact) mass is 333 g/mol. The Balaban J connectivity index is 1.70. The molecule has 0 saturated carbocycles. The van der Waals surface area contributed by atoms with Crippen LogP contribution in [0.4, 0.5) is 5.95 Å². The fourth-order valence-electron chi connectivity index (χ4n) is 3.59. The van der Waals surface area contributed by atoms with Gasteiger partial charge in [0.2, 0.25) is 11.9 Å². The Kier molecular flexibility index (Phi) is 4.89. The Morgan fingerprint density at radius 1 is 1.33 bits per heavy atom. The zero-order chi connectivity index (χ0) is 17.2. The van der Waals surface area contributed by atoms with Gasteiger partial charge in [0.1, 0.15) is 0 Å². The van der Waals surface area contributed by atoms with Gasteiger partial charge in [-0.25, -0.2) is 4.98 Å². The topological polar surface area (TPSA) is 90.1 Å². The molecule has 2 aliphatic rings. The van der Waals surface area contributed by atoms with Crippen molar-refractivity contribution in [3.05, 3.63) is 21.6 Å². The van der Waals surface area contributed by atoms with Gasteiger partial charge in [-0.1, -0.05) is 0 Å². The van der Waals surface area contributed by atoms with Crippen LogP contribution in [0.2, 0.25) is 0 Å². The molecule has 1 unspecified atom stereocenters. The summed E-state index contributed by atoms with van der Waals surface area (Å²) in [5.74, 6) is 0.508. The highest BCUT2D eigenvalue weighted by Crippen LogP contribution is 2.17. The zero-order valence-corrected chi connectivity index (χ0v) is 14.6. The summed E-state index contributed by atoms with van der Waals surface area (Å²) in [6.45, 7) is 7.46. The van der Waals surface area contributed by atoms with Crippen molar-refractivity contribution in [1.29, 1.82) is 0 Å². The third-order valence-electron chi connectivity index (χ3n) is 4.99. The number of anilines is 1. The van der Waals surface area contributed by atoms with Crippen LogP contribution < -0.4 is 21.1 Å². The van der Waals surface area contributed by atoms with Gasteiger partial charge >= 0.3 is 0 Å². The molecule has 7 nitrogen and oxygen atoms in total. The second-order valence-corrected chi connectivity index (χ2v) is 7.21. The molecule has 2 fully saturated rings. The molecule has 0 spiro atoms. The third-order valence-corrected chi connectivity index (χ3v) is 4.99. The van der Waals surface area contributed by atoms with Gasteiger partial charge in [0.25, 0.3) is 5.56 Å². The number of nitrogens with zero attached hydrogens (tertiary/aromatic N) is 2. The molecule has 0 bridgehead atoms. The average molecular weight is 333 g/mol. The second kappa shape index (κ2) is 6.93. The van der Waals surface area contributed by atoms with E-state index in [0.717, 1.165) is 51.9 Å². The maximum atomic E-state index is 12.4. The van der Waals surface area contributed by atoms with E-state index in [9.17, 15) is 9.59 Å². The quantitative estimate of drug-likeness (QED) is 0.746. The van der Waals surface area contributed by atoms with Gasteiger partial charge in [-0.3, -0.25) is 14.6 Å². The standard InChI is InChI=1S/C17H27N5O2/c1-12-13(10-14(23)21-17(2)6-5-7-18-11-17)15(24)20-16(19-12)22-8-3-4-9-22/h18H,3-11H2,1-2H3,(H,21,23)(H,19,20,24). The zero-order valence-electron chi connectivity index (χ0n) is 14.6. The minimum Gasteiger partial charge on any atom is -0.349 e. The summed E-state index contributed by atoms with van der Waals surface area (Å²) in [5.41, 5.74) is 0.663. The van der Waals surface area contributed by atoms with E-state index in [4.69, 9.17) is 0 Å². The number of nitrogens with one attached hydrogen (secondary N) is 3. The van der Waals surface area contributed by atoms with Crippen molar-refractivity contribution in [2.45, 2.75) is 51.5 Å². The molecule has 24 heavy (non-hydrogen) atoms. The van der Waals surface area contributed by atoms with E-state index in [1.54, 1.807) is 6.92 Å². The molecule has 0 aliphatic carbocycles. The number of amides is 1. The van der Waals surface area contributed by atoms with E-state index in [-0.39, 0.29) is 23.4 Å². The number of rotatable bonds is 4. The summed E-state index contributed by atoms with van der Waals surface area (Å²) in [6, 6.07) is 0. The lowest BCUT2D eigenvalue weighted by atomic mass is 9.92. The van der Waals surface area contributed by atoms with Crippen LogP contribution in [0, 0.1) is 6.92 Å². The molecule has 3 heterocycles. The van der Waals surface area contributed by atoms with Crippen molar-refractivity contribution in [2.24, 2.45) is 0 Å². The highest BCUT2D eigenvalue weighted by Gasteiger charge is 2.28. The predicted octanol–water partition coefficient (Wildman–Crippen LogP) is 0.479. The molecule has 2 saturated heterocycles. The highest BCUT2D eigenvalue weighted by molar-refractivity contribution is 5.79. The van der Waals surface area contributed by atoms with Gasteiger partial charge in [-0.15, -0.1) is 0 Å².